The van der Waals surface area contributed by atoms with E-state index in [-0.39, 0.29) is 17.9 Å². The molecule has 144 valence electrons. The number of hydrogen-bond acceptors (Lipinski definition) is 5. The highest BCUT2D eigenvalue weighted by Crippen LogP contribution is 2.20. The van der Waals surface area contributed by atoms with Crippen LogP contribution in [0.1, 0.15) is 17.3 Å². The Bertz CT molecular complexity index is 1070. The molecule has 0 spiro atoms. The van der Waals surface area contributed by atoms with E-state index in [1.54, 1.807) is 31.2 Å². The predicted molar refractivity (Wildman–Crippen MR) is 102 cm³/mol. The van der Waals surface area contributed by atoms with Crippen molar-refractivity contribution in [2.45, 2.75) is 13.0 Å². The Hall–Kier alpha value is -3.10. The molecule has 2 aromatic heterocycles. The molecular weight excluding hydrogens is 387 g/mol. The molecule has 3 aromatic rings. The number of aromatic nitrogens is 3. The van der Waals surface area contributed by atoms with Crippen LogP contribution < -0.4 is 10.9 Å². The van der Waals surface area contributed by atoms with Gasteiger partial charge in [0.2, 0.25) is 0 Å². The van der Waals surface area contributed by atoms with Crippen molar-refractivity contribution in [2.24, 2.45) is 0 Å². The highest BCUT2D eigenvalue weighted by Gasteiger charge is 2.19. The first-order chi connectivity index (χ1) is 13.4. The summed E-state index contributed by atoms with van der Waals surface area (Å²) in [6, 6.07) is 8.53. The van der Waals surface area contributed by atoms with Crippen molar-refractivity contribution in [3.8, 4) is 16.9 Å². The van der Waals surface area contributed by atoms with Crippen LogP contribution in [0.2, 0.25) is 5.02 Å². The number of rotatable bonds is 5. The molecule has 0 aliphatic heterocycles. The van der Waals surface area contributed by atoms with Crippen molar-refractivity contribution in [1.82, 2.24) is 20.1 Å². The lowest BCUT2D eigenvalue weighted by Gasteiger charge is -2.13. The van der Waals surface area contributed by atoms with Gasteiger partial charge in [0, 0.05) is 22.7 Å². The van der Waals surface area contributed by atoms with Gasteiger partial charge in [-0.15, -0.1) is 0 Å². The van der Waals surface area contributed by atoms with Gasteiger partial charge in [-0.3, -0.25) is 14.6 Å². The summed E-state index contributed by atoms with van der Waals surface area (Å²) < 4.78 is 14.5. The zero-order valence-electron chi connectivity index (χ0n) is 14.8. The summed E-state index contributed by atoms with van der Waals surface area (Å²) in [5, 5.41) is 16.4. The Morgan fingerprint density at radius 2 is 2.00 bits per heavy atom. The minimum atomic E-state index is -0.743. The molecule has 1 aromatic carbocycles. The molecule has 0 bridgehead atoms. The van der Waals surface area contributed by atoms with E-state index < -0.39 is 23.3 Å². The van der Waals surface area contributed by atoms with Gasteiger partial charge in [-0.25, -0.2) is 4.39 Å². The van der Waals surface area contributed by atoms with E-state index in [0.717, 1.165) is 16.9 Å². The first-order valence-corrected chi connectivity index (χ1v) is 8.70. The van der Waals surface area contributed by atoms with Crippen molar-refractivity contribution < 1.29 is 14.3 Å². The van der Waals surface area contributed by atoms with Crippen LogP contribution >= 0.6 is 11.6 Å². The fourth-order valence-corrected chi connectivity index (χ4v) is 2.58. The van der Waals surface area contributed by atoms with Gasteiger partial charge in [-0.05, 0) is 25.1 Å². The maximum atomic E-state index is 13.6. The van der Waals surface area contributed by atoms with Crippen molar-refractivity contribution >= 4 is 17.5 Å². The molecule has 1 atom stereocenters. The van der Waals surface area contributed by atoms with Crippen LogP contribution in [0, 0.1) is 5.82 Å². The average Bonchev–Trinajstić information content (AvgIpc) is 2.68. The number of amides is 1. The number of hydrogen-bond donors (Lipinski definition) is 2. The highest BCUT2D eigenvalue weighted by molar-refractivity contribution is 6.30. The number of pyridine rings is 1. The third-order valence-electron chi connectivity index (χ3n) is 3.88. The van der Waals surface area contributed by atoms with Crippen LogP contribution in [-0.4, -0.2) is 38.4 Å². The van der Waals surface area contributed by atoms with Gasteiger partial charge in [0.05, 0.1) is 30.4 Å². The fourth-order valence-electron chi connectivity index (χ4n) is 2.46. The second kappa shape index (κ2) is 8.28. The lowest BCUT2D eigenvalue weighted by atomic mass is 10.1. The largest absolute Gasteiger partial charge is 0.394 e. The summed E-state index contributed by atoms with van der Waals surface area (Å²) in [7, 11) is 0. The quantitative estimate of drug-likeness (QED) is 0.682. The number of aliphatic hydroxyl groups excluding tert-OH is 1. The molecule has 7 nitrogen and oxygen atoms in total. The standard InChI is InChI=1S/C19H16ClFN4O3/c1-11(10-26)23-18(27)16-7-17(12-2-4-13(20)5-3-12)24-25(19(16)28)15-6-14(21)8-22-9-15/h2-9,11,26H,10H2,1H3,(H,23,27). The predicted octanol–water partition coefficient (Wildman–Crippen LogP) is 2.20. The van der Waals surface area contributed by atoms with E-state index in [1.807, 2.05) is 0 Å². The summed E-state index contributed by atoms with van der Waals surface area (Å²) in [6.45, 7) is 1.30. The van der Waals surface area contributed by atoms with E-state index in [4.69, 9.17) is 16.7 Å². The van der Waals surface area contributed by atoms with Crippen LogP contribution in [0.4, 0.5) is 4.39 Å². The monoisotopic (exact) mass is 402 g/mol. The van der Waals surface area contributed by atoms with E-state index in [2.05, 4.69) is 15.4 Å². The summed E-state index contributed by atoms with van der Waals surface area (Å²) in [6.07, 6.45) is 2.26. The molecule has 0 saturated carbocycles. The maximum Gasteiger partial charge on any atom is 0.284 e. The molecule has 3 rings (SSSR count). The van der Waals surface area contributed by atoms with Crippen molar-refractivity contribution in [3.63, 3.8) is 0 Å². The molecular formula is C19H16ClFN4O3. The van der Waals surface area contributed by atoms with Crippen LogP contribution in [0.5, 0.6) is 0 Å². The zero-order chi connectivity index (χ0) is 20.3. The molecule has 0 fully saturated rings. The van der Waals surface area contributed by atoms with Gasteiger partial charge in [0.15, 0.2) is 0 Å². The number of halogens is 2. The molecule has 0 saturated heterocycles. The van der Waals surface area contributed by atoms with Crippen molar-refractivity contribution in [2.75, 3.05) is 6.61 Å². The smallest absolute Gasteiger partial charge is 0.284 e. The molecule has 28 heavy (non-hydrogen) atoms. The fraction of sp³-hybridized carbons (Fsp3) is 0.158. The number of benzene rings is 1. The Kier molecular flexibility index (Phi) is 5.81. The van der Waals surface area contributed by atoms with Gasteiger partial charge in [0.1, 0.15) is 11.4 Å². The summed E-state index contributed by atoms with van der Waals surface area (Å²) in [4.78, 5) is 29.1. The Morgan fingerprint density at radius 1 is 1.29 bits per heavy atom. The zero-order valence-corrected chi connectivity index (χ0v) is 15.5. The molecule has 0 aliphatic rings. The minimum Gasteiger partial charge on any atom is -0.394 e. The topological polar surface area (TPSA) is 97.1 Å². The SMILES string of the molecule is CC(CO)NC(=O)c1cc(-c2ccc(Cl)cc2)nn(-c2cncc(F)c2)c1=O. The maximum absolute atomic E-state index is 13.6. The average molecular weight is 403 g/mol. The molecule has 2 heterocycles. The number of nitrogens with zero attached hydrogens (tertiary/aromatic N) is 3. The lowest BCUT2D eigenvalue weighted by molar-refractivity contribution is 0.0920. The Labute approximate surface area is 164 Å². The summed E-state index contributed by atoms with van der Waals surface area (Å²) >= 11 is 5.91. The third-order valence-corrected chi connectivity index (χ3v) is 4.13. The van der Waals surface area contributed by atoms with Gasteiger partial charge in [0.25, 0.3) is 11.5 Å². The molecule has 1 unspecified atom stereocenters. The van der Waals surface area contributed by atoms with E-state index in [0.29, 0.717) is 16.3 Å². The number of carbonyl (C=O) groups excluding carboxylic acids is 1. The molecule has 0 aliphatic carbocycles. The van der Waals surface area contributed by atoms with Crippen LogP contribution in [-0.2, 0) is 0 Å². The normalized spacial score (nSPS) is 11.9. The van der Waals surface area contributed by atoms with E-state index in [9.17, 15) is 14.0 Å². The van der Waals surface area contributed by atoms with Crippen molar-refractivity contribution in [1.29, 1.82) is 0 Å². The number of aliphatic hydroxyl groups is 1. The Morgan fingerprint density at radius 3 is 2.64 bits per heavy atom. The summed E-state index contributed by atoms with van der Waals surface area (Å²) in [5.74, 6) is -1.33. The van der Waals surface area contributed by atoms with Gasteiger partial charge >= 0.3 is 0 Å². The third kappa shape index (κ3) is 4.24. The van der Waals surface area contributed by atoms with Gasteiger partial charge < -0.3 is 10.4 Å². The van der Waals surface area contributed by atoms with Crippen LogP contribution in [0.15, 0.2) is 53.6 Å². The Balaban J connectivity index is 2.19. The van der Waals surface area contributed by atoms with E-state index >= 15 is 0 Å². The lowest BCUT2D eigenvalue weighted by Crippen LogP contribution is -2.39. The first-order valence-electron chi connectivity index (χ1n) is 8.32. The highest BCUT2D eigenvalue weighted by atomic mass is 35.5. The van der Waals surface area contributed by atoms with Crippen LogP contribution in [0.25, 0.3) is 16.9 Å². The van der Waals surface area contributed by atoms with Crippen LogP contribution in [0.3, 0.4) is 0 Å². The minimum absolute atomic E-state index is 0.0741. The van der Waals surface area contributed by atoms with Crippen molar-refractivity contribution in [3.05, 3.63) is 75.5 Å². The second-order valence-electron chi connectivity index (χ2n) is 6.09. The summed E-state index contributed by atoms with van der Waals surface area (Å²) in [5.41, 5.74) is 0.0384. The number of carbonyl (C=O) groups is 1. The second-order valence-corrected chi connectivity index (χ2v) is 6.52. The molecule has 9 heteroatoms. The number of nitrogens with one attached hydrogen (secondary N) is 1. The van der Waals surface area contributed by atoms with Gasteiger partial charge in [-0.1, -0.05) is 23.7 Å². The molecule has 1 amide bonds. The van der Waals surface area contributed by atoms with Gasteiger partial charge in [-0.2, -0.15) is 9.78 Å². The molecule has 0 radical (unpaired) electrons. The molecule has 2 N–H and O–H groups in total. The van der Waals surface area contributed by atoms with E-state index in [1.165, 1.54) is 12.3 Å². The first kappa shape index (κ1) is 19.7.